The molecule has 154 valence electrons. The lowest BCUT2D eigenvalue weighted by atomic mass is 10.2. The first-order valence-corrected chi connectivity index (χ1v) is 10.2. The number of aryl methyl sites for hydroxylation is 1. The second kappa shape index (κ2) is 13.2. The van der Waals surface area contributed by atoms with Crippen molar-refractivity contribution in [3.8, 4) is 0 Å². The van der Waals surface area contributed by atoms with Gasteiger partial charge in [0.2, 0.25) is 0 Å². The molecule has 28 heavy (non-hydrogen) atoms. The highest BCUT2D eigenvalue weighted by atomic mass is 127. The molecule has 0 aliphatic heterocycles. The third-order valence-corrected chi connectivity index (χ3v) is 5.63. The Hall–Kier alpha value is -1.10. The lowest BCUT2D eigenvalue weighted by Crippen LogP contribution is -2.42. The number of benzene rings is 1. The van der Waals surface area contributed by atoms with E-state index in [0.717, 1.165) is 24.4 Å². The largest absolute Gasteiger partial charge is 0.356 e. The van der Waals surface area contributed by atoms with Crippen LogP contribution < -0.4 is 16.0 Å². The Morgan fingerprint density at radius 3 is 2.50 bits per heavy atom. The van der Waals surface area contributed by atoms with Crippen LogP contribution >= 0.6 is 58.5 Å². The summed E-state index contributed by atoms with van der Waals surface area (Å²) in [6.45, 7) is 3.86. The standard InChI is InChI=1S/C18H23Cl2N5OS.HI/c1-3-13-11-25-16(27-13)6-7-23-18(21-2)24-9-8-22-17(26)12-4-5-14(19)15(20)10-12;/h4-5,10-11H,3,6-9H2,1-2H3,(H,22,26)(H2,21,23,24);1H. The molecule has 1 amide bonds. The Kier molecular flexibility index (Phi) is 11.7. The number of hydrogen-bond acceptors (Lipinski definition) is 4. The molecule has 2 rings (SSSR count). The van der Waals surface area contributed by atoms with Gasteiger partial charge in [-0.2, -0.15) is 0 Å². The highest BCUT2D eigenvalue weighted by Gasteiger charge is 2.07. The van der Waals surface area contributed by atoms with Crippen molar-refractivity contribution in [2.45, 2.75) is 19.8 Å². The van der Waals surface area contributed by atoms with E-state index in [-0.39, 0.29) is 29.9 Å². The van der Waals surface area contributed by atoms with Crippen LogP contribution in [-0.2, 0) is 12.8 Å². The monoisotopic (exact) mass is 555 g/mol. The molecule has 0 saturated carbocycles. The fourth-order valence-corrected chi connectivity index (χ4v) is 3.39. The lowest BCUT2D eigenvalue weighted by Gasteiger charge is -2.12. The quantitative estimate of drug-likeness (QED) is 0.200. The summed E-state index contributed by atoms with van der Waals surface area (Å²) < 4.78 is 0. The van der Waals surface area contributed by atoms with Crippen molar-refractivity contribution in [1.29, 1.82) is 0 Å². The number of nitrogens with zero attached hydrogens (tertiary/aromatic N) is 2. The van der Waals surface area contributed by atoms with Crippen LogP contribution in [0.5, 0.6) is 0 Å². The first-order chi connectivity index (χ1) is 13.0. The minimum Gasteiger partial charge on any atom is -0.356 e. The van der Waals surface area contributed by atoms with Gasteiger partial charge in [-0.3, -0.25) is 9.79 Å². The molecule has 0 radical (unpaired) electrons. The molecule has 10 heteroatoms. The molecule has 0 aliphatic carbocycles. The summed E-state index contributed by atoms with van der Waals surface area (Å²) in [5.74, 6) is 0.486. The summed E-state index contributed by atoms with van der Waals surface area (Å²) in [4.78, 5) is 21.9. The summed E-state index contributed by atoms with van der Waals surface area (Å²) in [6, 6.07) is 4.80. The zero-order chi connectivity index (χ0) is 19.6. The molecular weight excluding hydrogens is 532 g/mol. The number of aromatic nitrogens is 1. The second-order valence-corrected chi connectivity index (χ2v) is 7.65. The molecule has 0 bridgehead atoms. The second-order valence-electron chi connectivity index (χ2n) is 5.63. The molecule has 0 atom stereocenters. The molecule has 0 spiro atoms. The van der Waals surface area contributed by atoms with E-state index >= 15 is 0 Å². The molecule has 0 fully saturated rings. The molecule has 1 heterocycles. The van der Waals surface area contributed by atoms with Gasteiger partial charge in [-0.05, 0) is 24.6 Å². The number of guanidine groups is 1. The molecule has 0 unspecified atom stereocenters. The summed E-state index contributed by atoms with van der Waals surface area (Å²) in [5.41, 5.74) is 0.474. The van der Waals surface area contributed by atoms with E-state index in [0.29, 0.717) is 34.7 Å². The van der Waals surface area contributed by atoms with Gasteiger partial charge < -0.3 is 16.0 Å². The zero-order valence-electron chi connectivity index (χ0n) is 15.7. The van der Waals surface area contributed by atoms with Crippen LogP contribution in [0.3, 0.4) is 0 Å². The summed E-state index contributed by atoms with van der Waals surface area (Å²) in [7, 11) is 1.71. The first kappa shape index (κ1) is 24.9. The van der Waals surface area contributed by atoms with E-state index in [4.69, 9.17) is 23.2 Å². The fourth-order valence-electron chi connectivity index (χ4n) is 2.23. The van der Waals surface area contributed by atoms with Gasteiger partial charge >= 0.3 is 0 Å². The van der Waals surface area contributed by atoms with Crippen LogP contribution in [0.15, 0.2) is 29.4 Å². The normalized spacial score (nSPS) is 10.9. The maximum absolute atomic E-state index is 12.1. The minimum atomic E-state index is -0.200. The van der Waals surface area contributed by atoms with Gasteiger partial charge in [0.15, 0.2) is 5.96 Å². The Balaban J connectivity index is 0.00000392. The van der Waals surface area contributed by atoms with Gasteiger partial charge in [-0.15, -0.1) is 35.3 Å². The fraction of sp³-hybridized carbons (Fsp3) is 0.389. The van der Waals surface area contributed by atoms with Crippen molar-refractivity contribution in [2.24, 2.45) is 4.99 Å². The third kappa shape index (κ3) is 8.10. The van der Waals surface area contributed by atoms with E-state index in [2.05, 4.69) is 32.9 Å². The van der Waals surface area contributed by atoms with Crippen molar-refractivity contribution in [2.75, 3.05) is 26.7 Å². The molecule has 0 saturated heterocycles. The molecule has 1 aromatic heterocycles. The molecule has 3 N–H and O–H groups in total. The number of amides is 1. The molecule has 1 aromatic carbocycles. The van der Waals surface area contributed by atoms with E-state index in [1.165, 1.54) is 4.88 Å². The minimum absolute atomic E-state index is 0. The highest BCUT2D eigenvalue weighted by Crippen LogP contribution is 2.22. The summed E-state index contributed by atoms with van der Waals surface area (Å²) in [5, 5.41) is 11.1. The summed E-state index contributed by atoms with van der Waals surface area (Å²) >= 11 is 13.5. The van der Waals surface area contributed by atoms with Crippen LogP contribution in [0, 0.1) is 0 Å². The number of rotatable bonds is 8. The number of aliphatic imine (C=N–C) groups is 1. The average Bonchev–Trinajstić information content (AvgIpc) is 3.13. The number of nitrogens with one attached hydrogen (secondary N) is 3. The Morgan fingerprint density at radius 1 is 1.14 bits per heavy atom. The topological polar surface area (TPSA) is 78.4 Å². The van der Waals surface area contributed by atoms with Crippen LogP contribution in [0.2, 0.25) is 10.0 Å². The zero-order valence-corrected chi connectivity index (χ0v) is 20.4. The molecule has 6 nitrogen and oxygen atoms in total. The van der Waals surface area contributed by atoms with Gasteiger partial charge in [0.05, 0.1) is 15.1 Å². The molecule has 2 aromatic rings. The summed E-state index contributed by atoms with van der Waals surface area (Å²) in [6.07, 6.45) is 3.80. The molecule has 0 aliphatic rings. The van der Waals surface area contributed by atoms with E-state index in [1.807, 2.05) is 6.20 Å². The van der Waals surface area contributed by atoms with Gasteiger partial charge in [-0.25, -0.2) is 4.98 Å². The third-order valence-electron chi connectivity index (χ3n) is 3.69. The number of carbonyl (C=O) groups is 1. The Bertz CT molecular complexity index is 800. The van der Waals surface area contributed by atoms with Crippen molar-refractivity contribution >= 4 is 70.4 Å². The predicted molar refractivity (Wildman–Crippen MR) is 129 cm³/mol. The van der Waals surface area contributed by atoms with Gasteiger partial charge in [0.1, 0.15) is 0 Å². The van der Waals surface area contributed by atoms with Crippen LogP contribution in [0.4, 0.5) is 0 Å². The van der Waals surface area contributed by atoms with Gasteiger partial charge in [-0.1, -0.05) is 30.1 Å². The highest BCUT2D eigenvalue weighted by molar-refractivity contribution is 14.0. The Labute approximate surface area is 196 Å². The van der Waals surface area contributed by atoms with Crippen LogP contribution in [0.25, 0.3) is 0 Å². The van der Waals surface area contributed by atoms with E-state index in [1.54, 1.807) is 36.6 Å². The van der Waals surface area contributed by atoms with Crippen molar-refractivity contribution in [3.05, 3.63) is 49.9 Å². The number of carbonyl (C=O) groups excluding carboxylic acids is 1. The smallest absolute Gasteiger partial charge is 0.251 e. The van der Waals surface area contributed by atoms with E-state index in [9.17, 15) is 4.79 Å². The lowest BCUT2D eigenvalue weighted by molar-refractivity contribution is 0.0954. The van der Waals surface area contributed by atoms with Crippen molar-refractivity contribution < 1.29 is 4.79 Å². The van der Waals surface area contributed by atoms with Gasteiger partial charge in [0, 0.05) is 49.7 Å². The number of thiazole rings is 1. The van der Waals surface area contributed by atoms with Crippen molar-refractivity contribution in [1.82, 2.24) is 20.9 Å². The number of halogens is 3. The maximum Gasteiger partial charge on any atom is 0.251 e. The van der Waals surface area contributed by atoms with Gasteiger partial charge in [0.25, 0.3) is 5.91 Å². The first-order valence-electron chi connectivity index (χ1n) is 8.64. The van der Waals surface area contributed by atoms with E-state index < -0.39 is 0 Å². The maximum atomic E-state index is 12.1. The van der Waals surface area contributed by atoms with Crippen LogP contribution in [-0.4, -0.2) is 43.5 Å². The number of hydrogen-bond donors (Lipinski definition) is 3. The molecular formula is C18H24Cl2IN5OS. The van der Waals surface area contributed by atoms with Crippen LogP contribution in [0.1, 0.15) is 27.2 Å². The SMILES string of the molecule is CCc1cnc(CCNC(=NC)NCCNC(=O)c2ccc(Cl)c(Cl)c2)s1.I. The predicted octanol–water partition coefficient (Wildman–Crippen LogP) is 3.77. The Morgan fingerprint density at radius 2 is 1.86 bits per heavy atom. The average molecular weight is 556 g/mol. The van der Waals surface area contributed by atoms with Crippen molar-refractivity contribution in [3.63, 3.8) is 0 Å².